The van der Waals surface area contributed by atoms with Crippen LogP contribution in [-0.2, 0) is 6.54 Å². The van der Waals surface area contributed by atoms with Gasteiger partial charge in [0.05, 0.1) is 0 Å². The van der Waals surface area contributed by atoms with Gasteiger partial charge in [0.25, 0.3) is 0 Å². The maximum atomic E-state index is 5.85. The number of hydrogen-bond donors (Lipinski definition) is 2. The highest BCUT2D eigenvalue weighted by Gasteiger charge is 2.35. The second-order valence-electron chi connectivity index (χ2n) is 4.68. The van der Waals surface area contributed by atoms with Gasteiger partial charge in [-0.05, 0) is 19.0 Å². The summed E-state index contributed by atoms with van der Waals surface area (Å²) in [6.45, 7) is 3.93. The van der Waals surface area contributed by atoms with Gasteiger partial charge >= 0.3 is 0 Å². The Labute approximate surface area is 97.6 Å². The summed E-state index contributed by atoms with van der Waals surface area (Å²) in [5.41, 5.74) is 7.36. The van der Waals surface area contributed by atoms with E-state index < -0.39 is 0 Å². The molecule has 3 N–H and O–H groups in total. The summed E-state index contributed by atoms with van der Waals surface area (Å²) in [7, 11) is 2.01. The van der Waals surface area contributed by atoms with Gasteiger partial charge < -0.3 is 11.1 Å². The zero-order valence-corrected chi connectivity index (χ0v) is 9.95. The molecule has 88 valence electrons. The van der Waals surface area contributed by atoms with Crippen LogP contribution in [-0.4, -0.2) is 37.1 Å². The summed E-state index contributed by atoms with van der Waals surface area (Å²) in [6, 6.07) is 10.6. The topological polar surface area (TPSA) is 41.3 Å². The Morgan fingerprint density at radius 1 is 1.38 bits per heavy atom. The number of nitrogens with two attached hydrogens (primary N) is 1. The first-order valence-corrected chi connectivity index (χ1v) is 5.93. The number of rotatable bonds is 4. The average molecular weight is 219 g/mol. The molecule has 0 saturated carbocycles. The van der Waals surface area contributed by atoms with E-state index >= 15 is 0 Å². The van der Waals surface area contributed by atoms with E-state index in [1.165, 1.54) is 5.56 Å². The molecular weight excluding hydrogens is 198 g/mol. The predicted molar refractivity (Wildman–Crippen MR) is 67.2 cm³/mol. The number of likely N-dealkylation sites (N-methyl/N-ethyl adjacent to an activating group) is 1. The minimum absolute atomic E-state index is 0.134. The third-order valence-corrected chi connectivity index (χ3v) is 3.60. The van der Waals surface area contributed by atoms with E-state index in [4.69, 9.17) is 5.73 Å². The Bertz CT molecular complexity index is 319. The van der Waals surface area contributed by atoms with Crippen molar-refractivity contribution in [3.63, 3.8) is 0 Å². The Morgan fingerprint density at radius 2 is 2.12 bits per heavy atom. The molecule has 1 aromatic rings. The predicted octanol–water partition coefficient (Wildman–Crippen LogP) is 0.809. The third kappa shape index (κ3) is 2.43. The smallest absolute Gasteiger partial charge is 0.0442 e. The van der Waals surface area contributed by atoms with Crippen LogP contribution in [0.25, 0.3) is 0 Å². The van der Waals surface area contributed by atoms with E-state index in [0.717, 1.165) is 32.6 Å². The fourth-order valence-corrected chi connectivity index (χ4v) is 2.41. The summed E-state index contributed by atoms with van der Waals surface area (Å²) < 4.78 is 0. The van der Waals surface area contributed by atoms with Crippen LogP contribution in [0.2, 0.25) is 0 Å². The highest BCUT2D eigenvalue weighted by molar-refractivity contribution is 5.15. The molecule has 1 atom stereocenters. The van der Waals surface area contributed by atoms with Gasteiger partial charge in [-0.2, -0.15) is 0 Å². The molecule has 1 heterocycles. The molecule has 3 heteroatoms. The molecule has 0 amide bonds. The van der Waals surface area contributed by atoms with Crippen LogP contribution in [0.5, 0.6) is 0 Å². The van der Waals surface area contributed by atoms with E-state index in [-0.39, 0.29) is 5.54 Å². The van der Waals surface area contributed by atoms with Crippen molar-refractivity contribution < 1.29 is 0 Å². The molecule has 2 rings (SSSR count). The molecular formula is C13H21N3. The summed E-state index contributed by atoms with van der Waals surface area (Å²) in [6.07, 6.45) is 1.15. The lowest BCUT2D eigenvalue weighted by atomic mass is 9.99. The van der Waals surface area contributed by atoms with Crippen molar-refractivity contribution in [3.8, 4) is 0 Å². The lowest BCUT2D eigenvalue weighted by Crippen LogP contribution is -2.51. The van der Waals surface area contributed by atoms with Crippen LogP contribution >= 0.6 is 0 Å². The minimum Gasteiger partial charge on any atom is -0.329 e. The molecule has 1 fully saturated rings. The van der Waals surface area contributed by atoms with Gasteiger partial charge in [0.1, 0.15) is 0 Å². The Morgan fingerprint density at radius 3 is 2.69 bits per heavy atom. The van der Waals surface area contributed by atoms with Gasteiger partial charge in [-0.25, -0.2) is 0 Å². The van der Waals surface area contributed by atoms with Crippen molar-refractivity contribution in [3.05, 3.63) is 35.9 Å². The molecule has 0 radical (unpaired) electrons. The molecule has 1 aliphatic heterocycles. The van der Waals surface area contributed by atoms with E-state index in [9.17, 15) is 0 Å². The van der Waals surface area contributed by atoms with Crippen molar-refractivity contribution in [1.82, 2.24) is 10.2 Å². The molecule has 16 heavy (non-hydrogen) atoms. The quantitative estimate of drug-likeness (QED) is 0.787. The fourth-order valence-electron chi connectivity index (χ4n) is 2.41. The van der Waals surface area contributed by atoms with E-state index in [0.29, 0.717) is 0 Å². The average Bonchev–Trinajstić information content (AvgIpc) is 2.75. The van der Waals surface area contributed by atoms with Crippen LogP contribution in [0, 0.1) is 0 Å². The Kier molecular flexibility index (Phi) is 3.59. The second-order valence-corrected chi connectivity index (χ2v) is 4.68. The lowest BCUT2D eigenvalue weighted by Gasteiger charge is -2.27. The zero-order chi connectivity index (χ0) is 11.4. The maximum absolute atomic E-state index is 5.85. The van der Waals surface area contributed by atoms with Crippen molar-refractivity contribution in [2.24, 2.45) is 5.73 Å². The molecule has 3 nitrogen and oxygen atoms in total. The molecule has 1 saturated heterocycles. The largest absolute Gasteiger partial charge is 0.329 e. The molecule has 0 spiro atoms. The zero-order valence-electron chi connectivity index (χ0n) is 9.95. The van der Waals surface area contributed by atoms with Crippen LogP contribution in [0.3, 0.4) is 0 Å². The summed E-state index contributed by atoms with van der Waals surface area (Å²) >= 11 is 0. The molecule has 1 aliphatic rings. The third-order valence-electron chi connectivity index (χ3n) is 3.60. The molecule has 0 aliphatic carbocycles. The minimum atomic E-state index is 0.134. The van der Waals surface area contributed by atoms with Crippen molar-refractivity contribution in [2.75, 3.05) is 26.7 Å². The molecule has 0 aromatic heterocycles. The van der Waals surface area contributed by atoms with Crippen molar-refractivity contribution in [1.29, 1.82) is 0 Å². The van der Waals surface area contributed by atoms with E-state index in [1.54, 1.807) is 0 Å². The second kappa shape index (κ2) is 4.95. The number of benzene rings is 1. The first-order chi connectivity index (χ1) is 7.78. The van der Waals surface area contributed by atoms with Crippen LogP contribution in [0.1, 0.15) is 12.0 Å². The van der Waals surface area contributed by atoms with E-state index in [1.807, 2.05) is 7.05 Å². The number of nitrogens with zero attached hydrogens (tertiary/aromatic N) is 1. The van der Waals surface area contributed by atoms with Gasteiger partial charge in [0.2, 0.25) is 0 Å². The Balaban J connectivity index is 1.95. The summed E-state index contributed by atoms with van der Waals surface area (Å²) in [5, 5.41) is 3.38. The van der Waals surface area contributed by atoms with Gasteiger partial charge in [-0.15, -0.1) is 0 Å². The Hall–Kier alpha value is -0.900. The summed E-state index contributed by atoms with van der Waals surface area (Å²) in [5.74, 6) is 0. The molecule has 1 aromatic carbocycles. The van der Waals surface area contributed by atoms with Gasteiger partial charge in [-0.3, -0.25) is 4.90 Å². The summed E-state index contributed by atoms with van der Waals surface area (Å²) in [4.78, 5) is 2.47. The van der Waals surface area contributed by atoms with Gasteiger partial charge in [0, 0.05) is 31.7 Å². The van der Waals surface area contributed by atoms with Crippen molar-refractivity contribution >= 4 is 0 Å². The van der Waals surface area contributed by atoms with Crippen LogP contribution in [0.4, 0.5) is 0 Å². The van der Waals surface area contributed by atoms with E-state index in [2.05, 4.69) is 40.5 Å². The standard InChI is InChI=1S/C13H21N3/c1-15-13(10-14)7-8-16(11-13)9-12-5-3-2-4-6-12/h2-6,15H,7-11,14H2,1H3. The first kappa shape index (κ1) is 11.6. The highest BCUT2D eigenvalue weighted by Crippen LogP contribution is 2.21. The lowest BCUT2D eigenvalue weighted by molar-refractivity contribution is 0.287. The normalized spacial score (nSPS) is 26.1. The van der Waals surface area contributed by atoms with Crippen LogP contribution in [0.15, 0.2) is 30.3 Å². The molecule has 0 bridgehead atoms. The number of likely N-dealkylation sites (tertiary alicyclic amines) is 1. The number of hydrogen-bond acceptors (Lipinski definition) is 3. The number of nitrogens with one attached hydrogen (secondary N) is 1. The molecule has 1 unspecified atom stereocenters. The first-order valence-electron chi connectivity index (χ1n) is 5.93. The highest BCUT2D eigenvalue weighted by atomic mass is 15.2. The maximum Gasteiger partial charge on any atom is 0.0442 e. The SMILES string of the molecule is CNC1(CN)CCN(Cc2ccccc2)C1. The monoisotopic (exact) mass is 219 g/mol. The van der Waals surface area contributed by atoms with Crippen LogP contribution < -0.4 is 11.1 Å². The van der Waals surface area contributed by atoms with Gasteiger partial charge in [-0.1, -0.05) is 30.3 Å². The fraction of sp³-hybridized carbons (Fsp3) is 0.538. The van der Waals surface area contributed by atoms with Gasteiger partial charge in [0.15, 0.2) is 0 Å². The van der Waals surface area contributed by atoms with Crippen molar-refractivity contribution in [2.45, 2.75) is 18.5 Å².